The van der Waals surface area contributed by atoms with Crippen LogP contribution in [0.2, 0.25) is 0 Å². The summed E-state index contributed by atoms with van der Waals surface area (Å²) < 4.78 is 2.00. The van der Waals surface area contributed by atoms with E-state index in [0.29, 0.717) is 11.1 Å². The van der Waals surface area contributed by atoms with Crippen LogP contribution in [-0.2, 0) is 17.4 Å². The second kappa shape index (κ2) is 7.73. The standard InChI is InChI=1S/C24H21N3O2/c1-27-17-18(21-14-8-9-15-22(21)27)16-25-26-23(28)24(29,19-10-4-2-5-11-19)20-12-6-3-7-13-20/h2-17,29H,1H3,(H,26,28)/b25-16+. The number of hydrogen-bond acceptors (Lipinski definition) is 3. The highest BCUT2D eigenvalue weighted by Gasteiger charge is 2.39. The highest BCUT2D eigenvalue weighted by atomic mass is 16.3. The number of carbonyl (C=O) groups is 1. The van der Waals surface area contributed by atoms with E-state index in [1.54, 1.807) is 54.7 Å². The zero-order valence-electron chi connectivity index (χ0n) is 16.0. The fourth-order valence-corrected chi connectivity index (χ4v) is 3.50. The van der Waals surface area contributed by atoms with E-state index in [4.69, 9.17) is 0 Å². The maximum Gasteiger partial charge on any atom is 0.281 e. The van der Waals surface area contributed by atoms with Gasteiger partial charge in [-0.1, -0.05) is 78.9 Å². The molecule has 2 N–H and O–H groups in total. The number of rotatable bonds is 5. The van der Waals surface area contributed by atoms with Crippen molar-refractivity contribution in [1.29, 1.82) is 0 Å². The molecule has 4 rings (SSSR count). The van der Waals surface area contributed by atoms with E-state index in [9.17, 15) is 9.90 Å². The molecule has 0 spiro atoms. The average Bonchev–Trinajstić information content (AvgIpc) is 3.10. The molecular formula is C24H21N3O2. The molecule has 4 aromatic rings. The SMILES string of the molecule is Cn1cc(/C=N/NC(=O)C(O)(c2ccccc2)c2ccccc2)c2ccccc21. The lowest BCUT2D eigenvalue weighted by atomic mass is 9.85. The Morgan fingerprint density at radius 2 is 1.48 bits per heavy atom. The first kappa shape index (κ1) is 18.7. The monoisotopic (exact) mass is 383 g/mol. The molecule has 0 aliphatic rings. The molecule has 0 atom stereocenters. The highest BCUT2D eigenvalue weighted by Crippen LogP contribution is 2.29. The first-order valence-corrected chi connectivity index (χ1v) is 9.31. The Balaban J connectivity index is 1.65. The number of benzene rings is 3. The number of aryl methyl sites for hydroxylation is 1. The second-order valence-corrected chi connectivity index (χ2v) is 6.85. The molecule has 5 nitrogen and oxygen atoms in total. The first-order valence-electron chi connectivity index (χ1n) is 9.31. The number of hydrazone groups is 1. The molecule has 0 bridgehead atoms. The Hall–Kier alpha value is -3.70. The van der Waals surface area contributed by atoms with Gasteiger partial charge in [0.05, 0.1) is 6.21 Å². The molecule has 0 fully saturated rings. The van der Waals surface area contributed by atoms with E-state index in [1.165, 1.54) is 0 Å². The molecule has 1 amide bonds. The number of fused-ring (bicyclic) bond motifs is 1. The van der Waals surface area contributed by atoms with E-state index in [2.05, 4.69) is 10.5 Å². The normalized spacial score (nSPS) is 11.8. The van der Waals surface area contributed by atoms with Crippen molar-refractivity contribution in [3.8, 4) is 0 Å². The van der Waals surface area contributed by atoms with Gasteiger partial charge in [0.1, 0.15) is 0 Å². The van der Waals surface area contributed by atoms with Gasteiger partial charge in [0.15, 0.2) is 5.60 Å². The van der Waals surface area contributed by atoms with Crippen LogP contribution in [0.4, 0.5) is 0 Å². The van der Waals surface area contributed by atoms with Crippen LogP contribution in [0, 0.1) is 0 Å². The minimum atomic E-state index is -1.85. The topological polar surface area (TPSA) is 66.6 Å². The lowest BCUT2D eigenvalue weighted by molar-refractivity contribution is -0.136. The molecule has 0 saturated heterocycles. The number of nitrogens with zero attached hydrogens (tertiary/aromatic N) is 2. The predicted molar refractivity (Wildman–Crippen MR) is 115 cm³/mol. The summed E-state index contributed by atoms with van der Waals surface area (Å²) in [6.07, 6.45) is 3.54. The molecule has 1 aromatic heterocycles. The molecule has 0 unspecified atom stereocenters. The van der Waals surface area contributed by atoms with Gasteiger partial charge >= 0.3 is 0 Å². The van der Waals surface area contributed by atoms with E-state index in [0.717, 1.165) is 16.5 Å². The molecule has 0 aliphatic carbocycles. The third-order valence-electron chi connectivity index (χ3n) is 5.01. The van der Waals surface area contributed by atoms with Gasteiger partial charge in [-0.25, -0.2) is 5.43 Å². The Labute approximate surface area is 168 Å². The smallest absolute Gasteiger partial charge is 0.281 e. The second-order valence-electron chi connectivity index (χ2n) is 6.85. The molecular weight excluding hydrogens is 362 g/mol. The summed E-state index contributed by atoms with van der Waals surface area (Å²) in [4.78, 5) is 13.0. The van der Waals surface area contributed by atoms with E-state index in [1.807, 2.05) is 54.2 Å². The molecule has 144 valence electrons. The van der Waals surface area contributed by atoms with Crippen LogP contribution in [0.5, 0.6) is 0 Å². The van der Waals surface area contributed by atoms with Crippen LogP contribution in [0.15, 0.2) is 96.2 Å². The van der Waals surface area contributed by atoms with Crippen molar-refractivity contribution < 1.29 is 9.90 Å². The van der Waals surface area contributed by atoms with Crippen LogP contribution in [0.1, 0.15) is 16.7 Å². The van der Waals surface area contributed by atoms with Gasteiger partial charge in [-0.15, -0.1) is 0 Å². The Bertz CT molecular complexity index is 1130. The summed E-state index contributed by atoms with van der Waals surface area (Å²) >= 11 is 0. The third-order valence-corrected chi connectivity index (χ3v) is 5.01. The number of carbonyl (C=O) groups excluding carboxylic acids is 1. The maximum atomic E-state index is 13.0. The number of nitrogens with one attached hydrogen (secondary N) is 1. The summed E-state index contributed by atoms with van der Waals surface area (Å²) in [5, 5.41) is 16.6. The number of aliphatic hydroxyl groups is 1. The van der Waals surface area contributed by atoms with E-state index >= 15 is 0 Å². The Kier molecular flexibility index (Phi) is 4.97. The number of hydrogen-bond donors (Lipinski definition) is 2. The molecule has 5 heteroatoms. The van der Waals surface area contributed by atoms with Crippen LogP contribution in [0.3, 0.4) is 0 Å². The predicted octanol–water partition coefficient (Wildman–Crippen LogP) is 3.56. The van der Waals surface area contributed by atoms with E-state index in [-0.39, 0.29) is 0 Å². The lowest BCUT2D eigenvalue weighted by Crippen LogP contribution is -2.43. The molecule has 0 aliphatic heterocycles. The zero-order valence-corrected chi connectivity index (χ0v) is 16.0. The van der Waals surface area contributed by atoms with Crippen molar-refractivity contribution in [2.75, 3.05) is 0 Å². The molecule has 0 radical (unpaired) electrons. The first-order chi connectivity index (χ1) is 14.1. The minimum Gasteiger partial charge on any atom is -0.372 e. The van der Waals surface area contributed by atoms with Crippen molar-refractivity contribution in [2.45, 2.75) is 5.60 Å². The largest absolute Gasteiger partial charge is 0.372 e. The Morgan fingerprint density at radius 1 is 0.931 bits per heavy atom. The van der Waals surface area contributed by atoms with Gasteiger partial charge in [0.25, 0.3) is 5.91 Å². The fourth-order valence-electron chi connectivity index (χ4n) is 3.50. The van der Waals surface area contributed by atoms with Gasteiger partial charge in [-0.05, 0) is 17.2 Å². The van der Waals surface area contributed by atoms with Gasteiger partial charge in [0, 0.05) is 29.7 Å². The van der Waals surface area contributed by atoms with Crippen LogP contribution >= 0.6 is 0 Å². The quantitative estimate of drug-likeness (QED) is 0.409. The average molecular weight is 383 g/mol. The molecule has 1 heterocycles. The number of aromatic nitrogens is 1. The van der Waals surface area contributed by atoms with Gasteiger partial charge in [0.2, 0.25) is 0 Å². The van der Waals surface area contributed by atoms with Gasteiger partial charge < -0.3 is 9.67 Å². The molecule has 3 aromatic carbocycles. The van der Waals surface area contributed by atoms with Crippen molar-refractivity contribution in [2.24, 2.45) is 12.1 Å². The van der Waals surface area contributed by atoms with Crippen molar-refractivity contribution in [3.63, 3.8) is 0 Å². The summed E-state index contributed by atoms with van der Waals surface area (Å²) in [6.45, 7) is 0. The summed E-state index contributed by atoms with van der Waals surface area (Å²) in [5.41, 5.74) is 3.57. The van der Waals surface area contributed by atoms with Crippen molar-refractivity contribution >= 4 is 23.0 Å². The van der Waals surface area contributed by atoms with Crippen molar-refractivity contribution in [3.05, 3.63) is 108 Å². The van der Waals surface area contributed by atoms with Crippen LogP contribution in [-0.4, -0.2) is 21.8 Å². The minimum absolute atomic E-state index is 0.476. The Morgan fingerprint density at radius 3 is 2.10 bits per heavy atom. The fraction of sp³-hybridized carbons (Fsp3) is 0.0833. The number of para-hydroxylation sites is 1. The number of amides is 1. The molecule has 0 saturated carbocycles. The maximum absolute atomic E-state index is 13.0. The van der Waals surface area contributed by atoms with Gasteiger partial charge in [-0.3, -0.25) is 4.79 Å². The highest BCUT2D eigenvalue weighted by molar-refractivity contribution is 6.00. The summed E-state index contributed by atoms with van der Waals surface area (Å²) in [5.74, 6) is -0.619. The van der Waals surface area contributed by atoms with E-state index < -0.39 is 11.5 Å². The molecule has 29 heavy (non-hydrogen) atoms. The lowest BCUT2D eigenvalue weighted by Gasteiger charge is -2.27. The summed E-state index contributed by atoms with van der Waals surface area (Å²) in [7, 11) is 1.96. The van der Waals surface area contributed by atoms with Gasteiger partial charge in [-0.2, -0.15) is 5.10 Å². The summed E-state index contributed by atoms with van der Waals surface area (Å²) in [6, 6.07) is 25.7. The third kappa shape index (κ3) is 3.44. The van der Waals surface area contributed by atoms with Crippen LogP contribution < -0.4 is 5.43 Å². The van der Waals surface area contributed by atoms with Crippen molar-refractivity contribution in [1.82, 2.24) is 9.99 Å². The van der Waals surface area contributed by atoms with Crippen LogP contribution in [0.25, 0.3) is 10.9 Å². The zero-order chi connectivity index (χ0) is 20.3.